The Balaban J connectivity index is 1.73. The Morgan fingerprint density at radius 1 is 1.40 bits per heavy atom. The molecule has 1 aromatic carbocycles. The number of aromatic amines is 1. The number of halogens is 1. The molecule has 1 heterocycles. The van der Waals surface area contributed by atoms with E-state index < -0.39 is 5.82 Å². The van der Waals surface area contributed by atoms with Crippen molar-refractivity contribution < 1.29 is 9.18 Å². The molecule has 2 aromatic rings. The standard InChI is InChI=1S/C15H16FN3O/c1-8-3-10(6-11(16)4-8)15(20)17-14-7-13(18-19-14)12-5-9(12)2/h3-4,6-7,9,12H,5H2,1-2H3,(H2,17,18,19,20). The number of carbonyl (C=O) groups is 1. The van der Waals surface area contributed by atoms with Crippen LogP contribution in [0.4, 0.5) is 10.2 Å². The summed E-state index contributed by atoms with van der Waals surface area (Å²) in [6, 6.07) is 6.10. The predicted molar refractivity (Wildman–Crippen MR) is 74.2 cm³/mol. The minimum Gasteiger partial charge on any atom is -0.305 e. The minimum atomic E-state index is -0.412. The van der Waals surface area contributed by atoms with Gasteiger partial charge in [0.05, 0.1) is 0 Å². The Morgan fingerprint density at radius 2 is 2.15 bits per heavy atom. The summed E-state index contributed by atoms with van der Waals surface area (Å²) in [5.41, 5.74) is 2.06. The summed E-state index contributed by atoms with van der Waals surface area (Å²) in [6.07, 6.45) is 1.15. The van der Waals surface area contributed by atoms with Gasteiger partial charge in [0.25, 0.3) is 5.91 Å². The number of rotatable bonds is 3. The number of nitrogens with one attached hydrogen (secondary N) is 2. The fourth-order valence-corrected chi connectivity index (χ4v) is 2.40. The maximum absolute atomic E-state index is 13.3. The van der Waals surface area contributed by atoms with E-state index in [1.807, 2.05) is 6.07 Å². The average molecular weight is 273 g/mol. The van der Waals surface area contributed by atoms with Crippen LogP contribution in [0.25, 0.3) is 0 Å². The number of aromatic nitrogens is 2. The highest BCUT2D eigenvalue weighted by atomic mass is 19.1. The van der Waals surface area contributed by atoms with Crippen molar-refractivity contribution in [3.05, 3.63) is 46.9 Å². The van der Waals surface area contributed by atoms with Gasteiger partial charge in [-0.1, -0.05) is 6.92 Å². The van der Waals surface area contributed by atoms with Gasteiger partial charge in [-0.15, -0.1) is 0 Å². The number of nitrogens with zero attached hydrogens (tertiary/aromatic N) is 1. The van der Waals surface area contributed by atoms with Gasteiger partial charge < -0.3 is 5.32 Å². The molecule has 0 aliphatic heterocycles. The number of anilines is 1. The molecular formula is C15H16FN3O. The second kappa shape index (κ2) is 4.74. The molecule has 1 aliphatic rings. The zero-order valence-electron chi connectivity index (χ0n) is 11.4. The second-order valence-electron chi connectivity index (χ2n) is 5.50. The summed E-state index contributed by atoms with van der Waals surface area (Å²) < 4.78 is 13.3. The van der Waals surface area contributed by atoms with E-state index in [9.17, 15) is 9.18 Å². The molecule has 1 saturated carbocycles. The van der Waals surface area contributed by atoms with Crippen molar-refractivity contribution in [2.75, 3.05) is 5.32 Å². The molecule has 1 aliphatic carbocycles. The summed E-state index contributed by atoms with van der Waals surface area (Å²) >= 11 is 0. The molecule has 2 N–H and O–H groups in total. The zero-order chi connectivity index (χ0) is 14.3. The fraction of sp³-hybridized carbons (Fsp3) is 0.333. The van der Waals surface area contributed by atoms with Gasteiger partial charge in [0, 0.05) is 23.2 Å². The first kappa shape index (κ1) is 12.8. The number of carbonyl (C=O) groups excluding carboxylic acids is 1. The summed E-state index contributed by atoms with van der Waals surface area (Å²) in [5, 5.41) is 9.69. The van der Waals surface area contributed by atoms with Crippen molar-refractivity contribution in [2.45, 2.75) is 26.2 Å². The SMILES string of the molecule is Cc1cc(F)cc(C(=O)Nc2cc(C3CC3C)[nH]n2)c1. The highest BCUT2D eigenvalue weighted by molar-refractivity contribution is 6.03. The van der Waals surface area contributed by atoms with E-state index in [0.717, 1.165) is 12.1 Å². The maximum atomic E-state index is 13.3. The van der Waals surface area contributed by atoms with Crippen LogP contribution in [0.15, 0.2) is 24.3 Å². The number of amides is 1. The van der Waals surface area contributed by atoms with Gasteiger partial charge >= 0.3 is 0 Å². The Labute approximate surface area is 116 Å². The molecule has 1 amide bonds. The molecule has 20 heavy (non-hydrogen) atoms. The number of hydrogen-bond donors (Lipinski definition) is 2. The molecule has 1 aromatic heterocycles. The molecule has 0 spiro atoms. The van der Waals surface area contributed by atoms with Crippen molar-refractivity contribution >= 4 is 11.7 Å². The molecule has 2 atom stereocenters. The molecule has 2 unspecified atom stereocenters. The van der Waals surface area contributed by atoms with Crippen molar-refractivity contribution in [2.24, 2.45) is 5.92 Å². The van der Waals surface area contributed by atoms with Crippen molar-refractivity contribution in [3.63, 3.8) is 0 Å². The summed E-state index contributed by atoms with van der Waals surface area (Å²) in [5.74, 6) is 0.902. The molecule has 104 valence electrons. The number of H-pyrrole nitrogens is 1. The van der Waals surface area contributed by atoms with Crippen molar-refractivity contribution in [1.29, 1.82) is 0 Å². The molecule has 0 radical (unpaired) electrons. The molecule has 0 bridgehead atoms. The van der Waals surface area contributed by atoms with Gasteiger partial charge in [0.1, 0.15) is 5.82 Å². The predicted octanol–water partition coefficient (Wildman–Crippen LogP) is 3.23. The van der Waals surface area contributed by atoms with E-state index in [4.69, 9.17) is 0 Å². The van der Waals surface area contributed by atoms with Crippen molar-refractivity contribution in [3.8, 4) is 0 Å². The van der Waals surface area contributed by atoms with Crippen LogP contribution < -0.4 is 5.32 Å². The normalized spacial score (nSPS) is 20.8. The lowest BCUT2D eigenvalue weighted by molar-refractivity contribution is 0.102. The first-order chi connectivity index (χ1) is 9.52. The average Bonchev–Trinajstić information content (AvgIpc) is 2.93. The van der Waals surface area contributed by atoms with Crippen LogP contribution in [0.1, 0.15) is 40.9 Å². The van der Waals surface area contributed by atoms with Gasteiger partial charge in [-0.3, -0.25) is 9.89 Å². The lowest BCUT2D eigenvalue weighted by atomic mass is 10.1. The summed E-state index contributed by atoms with van der Waals surface area (Å²) in [4.78, 5) is 12.0. The van der Waals surface area contributed by atoms with E-state index >= 15 is 0 Å². The van der Waals surface area contributed by atoms with Gasteiger partial charge in [0.2, 0.25) is 0 Å². The van der Waals surface area contributed by atoms with Crippen molar-refractivity contribution in [1.82, 2.24) is 10.2 Å². The van der Waals surface area contributed by atoms with Crippen LogP contribution in [-0.2, 0) is 0 Å². The van der Waals surface area contributed by atoms with Gasteiger partial charge in [-0.2, -0.15) is 5.10 Å². The third kappa shape index (κ3) is 2.57. The third-order valence-corrected chi connectivity index (χ3v) is 3.65. The van der Waals surface area contributed by atoms with E-state index in [2.05, 4.69) is 22.4 Å². The third-order valence-electron chi connectivity index (χ3n) is 3.65. The molecule has 3 rings (SSSR count). The lowest BCUT2D eigenvalue weighted by Gasteiger charge is -2.03. The fourth-order valence-electron chi connectivity index (χ4n) is 2.40. The van der Waals surface area contributed by atoms with Crippen LogP contribution in [0.3, 0.4) is 0 Å². The number of aryl methyl sites for hydroxylation is 1. The van der Waals surface area contributed by atoms with Crippen LogP contribution in [0.2, 0.25) is 0 Å². The first-order valence-corrected chi connectivity index (χ1v) is 6.67. The van der Waals surface area contributed by atoms with Crippen LogP contribution >= 0.6 is 0 Å². The van der Waals surface area contributed by atoms with Crippen LogP contribution in [-0.4, -0.2) is 16.1 Å². The monoisotopic (exact) mass is 273 g/mol. The number of hydrogen-bond acceptors (Lipinski definition) is 2. The van der Waals surface area contributed by atoms with Gasteiger partial charge in [0.15, 0.2) is 5.82 Å². The Hall–Kier alpha value is -2.17. The molecule has 0 saturated heterocycles. The highest BCUT2D eigenvalue weighted by Crippen LogP contribution is 2.46. The number of benzene rings is 1. The van der Waals surface area contributed by atoms with Gasteiger partial charge in [-0.25, -0.2) is 4.39 Å². The van der Waals surface area contributed by atoms with Gasteiger partial charge in [-0.05, 0) is 43.0 Å². The quantitative estimate of drug-likeness (QED) is 0.902. The first-order valence-electron chi connectivity index (χ1n) is 6.67. The zero-order valence-corrected chi connectivity index (χ0v) is 11.4. The summed E-state index contributed by atoms with van der Waals surface area (Å²) in [6.45, 7) is 3.93. The second-order valence-corrected chi connectivity index (χ2v) is 5.50. The topological polar surface area (TPSA) is 57.8 Å². The highest BCUT2D eigenvalue weighted by Gasteiger charge is 2.35. The Morgan fingerprint density at radius 3 is 2.80 bits per heavy atom. The Kier molecular flexibility index (Phi) is 3.04. The largest absolute Gasteiger partial charge is 0.305 e. The van der Waals surface area contributed by atoms with E-state index in [0.29, 0.717) is 28.8 Å². The van der Waals surface area contributed by atoms with Crippen LogP contribution in [0, 0.1) is 18.7 Å². The molecular weight excluding hydrogens is 257 g/mol. The van der Waals surface area contributed by atoms with E-state index in [-0.39, 0.29) is 5.91 Å². The molecule has 1 fully saturated rings. The summed E-state index contributed by atoms with van der Waals surface area (Å²) in [7, 11) is 0. The lowest BCUT2D eigenvalue weighted by Crippen LogP contribution is -2.12. The molecule has 4 nitrogen and oxygen atoms in total. The van der Waals surface area contributed by atoms with Crippen LogP contribution in [0.5, 0.6) is 0 Å². The van der Waals surface area contributed by atoms with E-state index in [1.54, 1.807) is 13.0 Å². The smallest absolute Gasteiger partial charge is 0.256 e. The Bertz CT molecular complexity index is 645. The molecule has 5 heteroatoms. The van der Waals surface area contributed by atoms with E-state index in [1.165, 1.54) is 12.1 Å². The maximum Gasteiger partial charge on any atom is 0.256 e. The minimum absolute atomic E-state index is 0.298.